The smallest absolute Gasteiger partial charge is 0.163 e. The van der Waals surface area contributed by atoms with Crippen LogP contribution >= 0.6 is 0 Å². The van der Waals surface area contributed by atoms with E-state index in [4.69, 9.17) is 4.74 Å². The van der Waals surface area contributed by atoms with Crippen molar-refractivity contribution in [2.45, 2.75) is 26.4 Å². The zero-order chi connectivity index (χ0) is 13.2. The maximum atomic E-state index is 11.9. The second-order valence-corrected chi connectivity index (χ2v) is 4.93. The van der Waals surface area contributed by atoms with Crippen molar-refractivity contribution in [3.63, 3.8) is 0 Å². The molecule has 1 aliphatic carbocycles. The monoisotopic (exact) mass is 252 g/mol. The van der Waals surface area contributed by atoms with E-state index in [1.165, 1.54) is 0 Å². The Labute approximate surface area is 113 Å². The molecule has 0 fully saturated rings. The summed E-state index contributed by atoms with van der Waals surface area (Å²) in [6.07, 6.45) is 1.42. The minimum absolute atomic E-state index is 0.248. The van der Waals surface area contributed by atoms with Crippen molar-refractivity contribution in [2.24, 2.45) is 0 Å². The van der Waals surface area contributed by atoms with Crippen LogP contribution in [0.5, 0.6) is 5.75 Å². The highest BCUT2D eigenvalue weighted by Crippen LogP contribution is 2.33. The van der Waals surface area contributed by atoms with Gasteiger partial charge in [0, 0.05) is 17.5 Å². The van der Waals surface area contributed by atoms with E-state index in [-0.39, 0.29) is 5.78 Å². The molecule has 0 aliphatic heterocycles. The summed E-state index contributed by atoms with van der Waals surface area (Å²) in [5.74, 6) is 1.10. The molecule has 19 heavy (non-hydrogen) atoms. The summed E-state index contributed by atoms with van der Waals surface area (Å²) in [7, 11) is 0. The molecule has 0 spiro atoms. The topological polar surface area (TPSA) is 26.3 Å². The number of hydrogen-bond acceptors (Lipinski definition) is 2. The van der Waals surface area contributed by atoms with E-state index in [0.29, 0.717) is 13.0 Å². The van der Waals surface area contributed by atoms with Gasteiger partial charge in [-0.05, 0) is 30.5 Å². The fourth-order valence-electron chi connectivity index (χ4n) is 2.62. The van der Waals surface area contributed by atoms with E-state index in [1.807, 2.05) is 49.4 Å². The summed E-state index contributed by atoms with van der Waals surface area (Å²) >= 11 is 0. The van der Waals surface area contributed by atoms with Crippen molar-refractivity contribution in [3.05, 3.63) is 64.7 Å². The van der Waals surface area contributed by atoms with E-state index in [0.717, 1.165) is 34.4 Å². The number of benzene rings is 2. The van der Waals surface area contributed by atoms with Crippen LogP contribution in [0.1, 0.15) is 33.5 Å². The highest BCUT2D eigenvalue weighted by molar-refractivity contribution is 6.02. The lowest BCUT2D eigenvalue weighted by molar-refractivity contribution is 0.0994. The summed E-state index contributed by atoms with van der Waals surface area (Å²) < 4.78 is 5.89. The molecule has 0 saturated carbocycles. The SMILES string of the molecule is Cc1ccc(OCc2ccccc2)c2c1C(=O)CC2. The van der Waals surface area contributed by atoms with Crippen molar-refractivity contribution >= 4 is 5.78 Å². The molecule has 2 aromatic rings. The van der Waals surface area contributed by atoms with Gasteiger partial charge in [-0.1, -0.05) is 36.4 Å². The third kappa shape index (κ3) is 2.26. The Morgan fingerprint density at radius 2 is 1.84 bits per heavy atom. The van der Waals surface area contributed by atoms with Crippen LogP contribution in [0.2, 0.25) is 0 Å². The summed E-state index contributed by atoms with van der Waals surface area (Å²) in [5.41, 5.74) is 4.16. The number of Topliss-reactive ketones (excluding diaryl/α,β-unsaturated/α-hetero) is 1. The summed E-state index contributed by atoms with van der Waals surface area (Å²) in [6.45, 7) is 2.54. The molecule has 0 amide bonds. The Hall–Kier alpha value is -2.09. The van der Waals surface area contributed by atoms with Gasteiger partial charge in [0.1, 0.15) is 12.4 Å². The first-order valence-corrected chi connectivity index (χ1v) is 6.58. The molecule has 0 saturated heterocycles. The van der Waals surface area contributed by atoms with Gasteiger partial charge in [0.05, 0.1) is 0 Å². The Morgan fingerprint density at radius 3 is 2.63 bits per heavy atom. The van der Waals surface area contributed by atoms with Gasteiger partial charge in [0.15, 0.2) is 5.78 Å². The molecule has 2 aromatic carbocycles. The molecule has 0 bridgehead atoms. The van der Waals surface area contributed by atoms with Crippen LogP contribution in [0.25, 0.3) is 0 Å². The van der Waals surface area contributed by atoms with Crippen LogP contribution < -0.4 is 4.74 Å². The number of carbonyl (C=O) groups is 1. The van der Waals surface area contributed by atoms with Crippen LogP contribution in [0.15, 0.2) is 42.5 Å². The minimum Gasteiger partial charge on any atom is -0.489 e. The van der Waals surface area contributed by atoms with Crippen molar-refractivity contribution < 1.29 is 9.53 Å². The van der Waals surface area contributed by atoms with Gasteiger partial charge < -0.3 is 4.74 Å². The molecular formula is C17H16O2. The summed E-state index contributed by atoms with van der Waals surface area (Å²) in [5, 5.41) is 0. The molecule has 2 nitrogen and oxygen atoms in total. The molecule has 0 aromatic heterocycles. The highest BCUT2D eigenvalue weighted by Gasteiger charge is 2.24. The van der Waals surface area contributed by atoms with Crippen LogP contribution in [-0.2, 0) is 13.0 Å². The number of aryl methyl sites for hydroxylation is 1. The molecule has 0 N–H and O–H groups in total. The first kappa shape index (κ1) is 12.0. The van der Waals surface area contributed by atoms with Crippen molar-refractivity contribution in [1.29, 1.82) is 0 Å². The maximum absolute atomic E-state index is 11.9. The van der Waals surface area contributed by atoms with Crippen LogP contribution in [0, 0.1) is 6.92 Å². The zero-order valence-corrected chi connectivity index (χ0v) is 11.0. The van der Waals surface area contributed by atoms with Crippen LogP contribution in [-0.4, -0.2) is 5.78 Å². The van der Waals surface area contributed by atoms with Crippen molar-refractivity contribution in [2.75, 3.05) is 0 Å². The molecule has 96 valence electrons. The number of fused-ring (bicyclic) bond motifs is 1. The van der Waals surface area contributed by atoms with Gasteiger partial charge in [-0.15, -0.1) is 0 Å². The lowest BCUT2D eigenvalue weighted by atomic mass is 10.0. The number of hydrogen-bond donors (Lipinski definition) is 0. The number of rotatable bonds is 3. The minimum atomic E-state index is 0.248. The maximum Gasteiger partial charge on any atom is 0.163 e. The molecule has 0 heterocycles. The van der Waals surface area contributed by atoms with E-state index in [2.05, 4.69) is 0 Å². The van der Waals surface area contributed by atoms with Crippen LogP contribution in [0.3, 0.4) is 0 Å². The normalized spacial score (nSPS) is 13.4. The van der Waals surface area contributed by atoms with Gasteiger partial charge in [-0.25, -0.2) is 0 Å². The third-order valence-electron chi connectivity index (χ3n) is 3.60. The third-order valence-corrected chi connectivity index (χ3v) is 3.60. The predicted octanol–water partition coefficient (Wildman–Crippen LogP) is 3.70. The average Bonchev–Trinajstić information content (AvgIpc) is 2.83. The number of carbonyl (C=O) groups excluding carboxylic acids is 1. The molecule has 3 rings (SSSR count). The number of ether oxygens (including phenoxy) is 1. The van der Waals surface area contributed by atoms with E-state index >= 15 is 0 Å². The Balaban J connectivity index is 1.85. The second-order valence-electron chi connectivity index (χ2n) is 4.93. The zero-order valence-electron chi connectivity index (χ0n) is 11.0. The largest absolute Gasteiger partial charge is 0.489 e. The molecule has 0 unspecified atom stereocenters. The van der Waals surface area contributed by atoms with Crippen molar-refractivity contribution in [1.82, 2.24) is 0 Å². The molecular weight excluding hydrogens is 236 g/mol. The molecule has 2 heteroatoms. The molecule has 0 atom stereocenters. The molecule has 1 aliphatic rings. The number of ketones is 1. The Morgan fingerprint density at radius 1 is 1.05 bits per heavy atom. The lowest BCUT2D eigenvalue weighted by Gasteiger charge is -2.12. The first-order valence-electron chi connectivity index (χ1n) is 6.58. The summed E-state index contributed by atoms with van der Waals surface area (Å²) in [6, 6.07) is 14.0. The van der Waals surface area contributed by atoms with Gasteiger partial charge in [0.25, 0.3) is 0 Å². The second kappa shape index (κ2) is 4.88. The average molecular weight is 252 g/mol. The first-order chi connectivity index (χ1) is 9.25. The van der Waals surface area contributed by atoms with Crippen molar-refractivity contribution in [3.8, 4) is 5.75 Å². The van der Waals surface area contributed by atoms with Gasteiger partial charge >= 0.3 is 0 Å². The summed E-state index contributed by atoms with van der Waals surface area (Å²) in [4.78, 5) is 11.9. The van der Waals surface area contributed by atoms with Gasteiger partial charge in [-0.3, -0.25) is 4.79 Å². The van der Waals surface area contributed by atoms with E-state index < -0.39 is 0 Å². The fraction of sp³-hybridized carbons (Fsp3) is 0.235. The lowest BCUT2D eigenvalue weighted by Crippen LogP contribution is -2.00. The van der Waals surface area contributed by atoms with Gasteiger partial charge in [-0.2, -0.15) is 0 Å². The standard InChI is InChI=1S/C17H16O2/c1-12-7-10-16(14-8-9-15(18)17(12)14)19-11-13-5-3-2-4-6-13/h2-7,10H,8-9,11H2,1H3. The Kier molecular flexibility index (Phi) is 3.08. The van der Waals surface area contributed by atoms with E-state index in [9.17, 15) is 4.79 Å². The fourth-order valence-corrected chi connectivity index (χ4v) is 2.62. The molecule has 0 radical (unpaired) electrons. The van der Waals surface area contributed by atoms with E-state index in [1.54, 1.807) is 0 Å². The van der Waals surface area contributed by atoms with Gasteiger partial charge in [0.2, 0.25) is 0 Å². The quantitative estimate of drug-likeness (QED) is 0.832. The highest BCUT2D eigenvalue weighted by atomic mass is 16.5. The predicted molar refractivity (Wildman–Crippen MR) is 74.6 cm³/mol. The van der Waals surface area contributed by atoms with Crippen LogP contribution in [0.4, 0.5) is 0 Å². The Bertz CT molecular complexity index is 615.